The van der Waals surface area contributed by atoms with Crippen LogP contribution in [0.1, 0.15) is 77.3 Å². The van der Waals surface area contributed by atoms with Gasteiger partial charge in [0.15, 0.2) is 5.84 Å². The number of amidine groups is 2. The Balaban J connectivity index is 1.20. The van der Waals surface area contributed by atoms with Crippen molar-refractivity contribution in [3.8, 4) is 5.75 Å². The average Bonchev–Trinajstić information content (AvgIpc) is 3.25. The van der Waals surface area contributed by atoms with Crippen LogP contribution in [0.15, 0.2) is 52.7 Å². The summed E-state index contributed by atoms with van der Waals surface area (Å²) < 4.78 is 5.85. The SMILES string of the molecule is C/C(N)=N/N=C(\N)c1ccc(CNC(=O)CCCCCOc2cccc3c2C(=O)N(C2CCC(=O)N(C)C2=O)C3=O)cc1. The second-order valence-corrected chi connectivity index (χ2v) is 10.4. The summed E-state index contributed by atoms with van der Waals surface area (Å²) in [5.74, 6) is -1.35. The van der Waals surface area contributed by atoms with Crippen molar-refractivity contribution in [2.45, 2.75) is 58.0 Å². The highest BCUT2D eigenvalue weighted by Gasteiger charge is 2.47. The minimum Gasteiger partial charge on any atom is -0.493 e. The Morgan fingerprint density at radius 2 is 1.74 bits per heavy atom. The van der Waals surface area contributed by atoms with Gasteiger partial charge in [-0.3, -0.25) is 33.8 Å². The third-order valence-electron chi connectivity index (χ3n) is 7.20. The number of likely N-dealkylation sites (N-methyl/N-ethyl adjacent to an activating group) is 1. The van der Waals surface area contributed by atoms with E-state index in [1.54, 1.807) is 31.2 Å². The van der Waals surface area contributed by atoms with E-state index < -0.39 is 23.8 Å². The summed E-state index contributed by atoms with van der Waals surface area (Å²) >= 11 is 0. The number of carbonyl (C=O) groups is 5. The van der Waals surface area contributed by atoms with Gasteiger partial charge >= 0.3 is 0 Å². The second kappa shape index (κ2) is 13.7. The van der Waals surface area contributed by atoms with Crippen molar-refractivity contribution >= 4 is 41.2 Å². The number of piperidine rings is 1. The highest BCUT2D eigenvalue weighted by molar-refractivity contribution is 6.24. The number of ether oxygens (including phenoxy) is 1. The molecular formula is C30H35N7O6. The molecule has 0 aromatic heterocycles. The first-order valence-corrected chi connectivity index (χ1v) is 14.0. The zero-order chi connectivity index (χ0) is 31.1. The molecular weight excluding hydrogens is 554 g/mol. The van der Waals surface area contributed by atoms with Gasteiger partial charge in [0.2, 0.25) is 11.8 Å². The maximum Gasteiger partial charge on any atom is 0.266 e. The first kappa shape index (κ1) is 30.9. The van der Waals surface area contributed by atoms with E-state index in [0.717, 1.165) is 21.8 Å². The summed E-state index contributed by atoms with van der Waals surface area (Å²) in [5, 5.41) is 10.5. The zero-order valence-corrected chi connectivity index (χ0v) is 24.2. The molecule has 2 aliphatic heterocycles. The molecule has 5 amide bonds. The molecule has 1 saturated heterocycles. The van der Waals surface area contributed by atoms with Crippen LogP contribution in [0.25, 0.3) is 0 Å². The van der Waals surface area contributed by atoms with Gasteiger partial charge in [-0.15, -0.1) is 10.2 Å². The van der Waals surface area contributed by atoms with Crippen molar-refractivity contribution in [3.63, 3.8) is 0 Å². The minimum absolute atomic E-state index is 0.0755. The van der Waals surface area contributed by atoms with Gasteiger partial charge in [0.05, 0.1) is 17.7 Å². The number of fused-ring (bicyclic) bond motifs is 1. The Labute approximate surface area is 248 Å². The fourth-order valence-electron chi connectivity index (χ4n) is 4.83. The van der Waals surface area contributed by atoms with Crippen LogP contribution >= 0.6 is 0 Å². The number of carbonyl (C=O) groups excluding carboxylic acids is 5. The Morgan fingerprint density at radius 1 is 1.00 bits per heavy atom. The lowest BCUT2D eigenvalue weighted by molar-refractivity contribution is -0.149. The van der Waals surface area contributed by atoms with Gasteiger partial charge in [-0.2, -0.15) is 0 Å². The number of benzene rings is 2. The molecule has 2 aromatic carbocycles. The molecule has 2 aromatic rings. The molecule has 0 spiro atoms. The number of hydrogen-bond donors (Lipinski definition) is 3. The number of amides is 5. The Kier molecular flexibility index (Phi) is 9.86. The van der Waals surface area contributed by atoms with E-state index in [-0.39, 0.29) is 54.0 Å². The molecule has 1 unspecified atom stereocenters. The predicted molar refractivity (Wildman–Crippen MR) is 158 cm³/mol. The lowest BCUT2D eigenvalue weighted by Gasteiger charge is -2.32. The van der Waals surface area contributed by atoms with Gasteiger partial charge in [0.25, 0.3) is 17.7 Å². The number of hydrogen-bond acceptors (Lipinski definition) is 8. The number of nitrogens with two attached hydrogens (primary N) is 2. The fourth-order valence-corrected chi connectivity index (χ4v) is 4.83. The van der Waals surface area contributed by atoms with Crippen molar-refractivity contribution in [1.29, 1.82) is 0 Å². The van der Waals surface area contributed by atoms with Crippen molar-refractivity contribution in [1.82, 2.24) is 15.1 Å². The number of imide groups is 2. The molecule has 2 heterocycles. The minimum atomic E-state index is -1.02. The molecule has 13 heteroatoms. The standard InChI is InChI=1S/C30H35N7O6/c1-18(31)34-35-27(32)20-12-10-19(11-13-20)17-33-24(38)9-4-3-5-16-43-23-8-6-7-21-26(23)30(42)37(28(21)40)22-14-15-25(39)36(2)29(22)41/h6-8,10-13,22H,3-5,9,14-17H2,1-2H3,(H2,31,34)(H2,32,35)(H,33,38). The molecule has 0 bridgehead atoms. The van der Waals surface area contributed by atoms with Crippen LogP contribution in [0.4, 0.5) is 0 Å². The van der Waals surface area contributed by atoms with Crippen molar-refractivity contribution in [2.75, 3.05) is 13.7 Å². The van der Waals surface area contributed by atoms with E-state index >= 15 is 0 Å². The van der Waals surface area contributed by atoms with E-state index in [1.807, 2.05) is 12.1 Å². The first-order chi connectivity index (χ1) is 20.6. The Morgan fingerprint density at radius 3 is 2.47 bits per heavy atom. The van der Waals surface area contributed by atoms with Crippen LogP contribution in [-0.4, -0.2) is 70.7 Å². The third kappa shape index (κ3) is 7.23. The monoisotopic (exact) mass is 589 g/mol. The van der Waals surface area contributed by atoms with E-state index in [0.29, 0.717) is 37.2 Å². The third-order valence-corrected chi connectivity index (χ3v) is 7.20. The molecule has 43 heavy (non-hydrogen) atoms. The highest BCUT2D eigenvalue weighted by Crippen LogP contribution is 2.34. The molecule has 4 rings (SSSR count). The highest BCUT2D eigenvalue weighted by atomic mass is 16.5. The van der Waals surface area contributed by atoms with Crippen LogP contribution in [0.5, 0.6) is 5.75 Å². The van der Waals surface area contributed by atoms with Gasteiger partial charge < -0.3 is 21.5 Å². The number of likely N-dealkylation sites (tertiary alicyclic amines) is 1. The maximum atomic E-state index is 13.2. The summed E-state index contributed by atoms with van der Waals surface area (Å²) in [6.45, 7) is 2.27. The summed E-state index contributed by atoms with van der Waals surface area (Å²) in [5.41, 5.74) is 13.2. The number of rotatable bonds is 12. The number of nitrogens with zero attached hydrogens (tertiary/aromatic N) is 4. The summed E-state index contributed by atoms with van der Waals surface area (Å²) in [6, 6.07) is 11.0. The summed E-state index contributed by atoms with van der Waals surface area (Å²) in [6.07, 6.45) is 2.52. The number of unbranched alkanes of at least 4 members (excludes halogenated alkanes) is 2. The van der Waals surface area contributed by atoms with Crippen LogP contribution in [0.2, 0.25) is 0 Å². The van der Waals surface area contributed by atoms with Crippen LogP contribution < -0.4 is 21.5 Å². The normalized spacial score (nSPS) is 17.4. The fraction of sp³-hybridized carbons (Fsp3) is 0.367. The van der Waals surface area contributed by atoms with E-state index in [2.05, 4.69) is 15.5 Å². The molecule has 1 fully saturated rings. The van der Waals surface area contributed by atoms with E-state index in [9.17, 15) is 24.0 Å². The van der Waals surface area contributed by atoms with Crippen LogP contribution in [-0.2, 0) is 20.9 Å². The Bertz CT molecular complexity index is 1480. The number of nitrogens with one attached hydrogen (secondary N) is 1. The largest absolute Gasteiger partial charge is 0.493 e. The molecule has 0 radical (unpaired) electrons. The van der Waals surface area contributed by atoms with Gasteiger partial charge in [-0.05, 0) is 50.3 Å². The summed E-state index contributed by atoms with van der Waals surface area (Å²) in [4.78, 5) is 64.9. The van der Waals surface area contributed by atoms with Crippen molar-refractivity contribution in [3.05, 3.63) is 64.7 Å². The molecule has 1 atom stereocenters. The lowest BCUT2D eigenvalue weighted by atomic mass is 10.0. The summed E-state index contributed by atoms with van der Waals surface area (Å²) in [7, 11) is 1.35. The van der Waals surface area contributed by atoms with Crippen molar-refractivity contribution in [2.24, 2.45) is 21.7 Å². The average molecular weight is 590 g/mol. The van der Waals surface area contributed by atoms with Gasteiger partial charge in [-0.25, -0.2) is 0 Å². The lowest BCUT2D eigenvalue weighted by Crippen LogP contribution is -2.54. The molecule has 0 saturated carbocycles. The quantitative estimate of drug-likeness (QED) is 0.110. The van der Waals surface area contributed by atoms with Gasteiger partial charge in [0, 0.05) is 32.0 Å². The molecule has 226 valence electrons. The van der Waals surface area contributed by atoms with Gasteiger partial charge in [-0.1, -0.05) is 30.3 Å². The molecule has 2 aliphatic rings. The molecule has 13 nitrogen and oxygen atoms in total. The van der Waals surface area contributed by atoms with Crippen LogP contribution in [0, 0.1) is 0 Å². The topological polar surface area (TPSA) is 190 Å². The predicted octanol–water partition coefficient (Wildman–Crippen LogP) is 1.68. The zero-order valence-electron chi connectivity index (χ0n) is 24.2. The van der Waals surface area contributed by atoms with E-state index in [4.69, 9.17) is 16.2 Å². The Hall–Kier alpha value is -5.07. The first-order valence-electron chi connectivity index (χ1n) is 14.0. The second-order valence-electron chi connectivity index (χ2n) is 10.4. The smallest absolute Gasteiger partial charge is 0.266 e. The van der Waals surface area contributed by atoms with Crippen LogP contribution in [0.3, 0.4) is 0 Å². The maximum absolute atomic E-state index is 13.2. The van der Waals surface area contributed by atoms with Crippen molar-refractivity contribution < 1.29 is 28.7 Å². The molecule has 5 N–H and O–H groups in total. The van der Waals surface area contributed by atoms with Gasteiger partial charge in [0.1, 0.15) is 17.6 Å². The van der Waals surface area contributed by atoms with E-state index in [1.165, 1.54) is 13.1 Å². The molecule has 0 aliphatic carbocycles.